The summed E-state index contributed by atoms with van der Waals surface area (Å²) in [4.78, 5) is 4.61. The van der Waals surface area contributed by atoms with Gasteiger partial charge in [-0.1, -0.05) is 26.0 Å². The Balaban J connectivity index is 2.05. The lowest BCUT2D eigenvalue weighted by Crippen LogP contribution is -2.26. The zero-order chi connectivity index (χ0) is 11.5. The topological polar surface area (TPSA) is 38.9 Å². The largest absolute Gasteiger partial charge is 0.327 e. The van der Waals surface area contributed by atoms with Gasteiger partial charge in [0, 0.05) is 12.5 Å². The maximum Gasteiger partial charge on any atom is 0.0939 e. The van der Waals surface area contributed by atoms with Crippen LogP contribution in [0.15, 0.2) is 24.3 Å². The molecule has 0 aliphatic rings. The van der Waals surface area contributed by atoms with Gasteiger partial charge in [-0.15, -0.1) is 11.3 Å². The predicted octanol–water partition coefficient (Wildman–Crippen LogP) is 3.21. The van der Waals surface area contributed by atoms with Crippen LogP contribution in [-0.4, -0.2) is 11.0 Å². The third-order valence-corrected chi connectivity index (χ3v) is 3.98. The van der Waals surface area contributed by atoms with Crippen LogP contribution < -0.4 is 5.73 Å². The van der Waals surface area contributed by atoms with Gasteiger partial charge < -0.3 is 5.73 Å². The van der Waals surface area contributed by atoms with Crippen molar-refractivity contribution >= 4 is 21.6 Å². The van der Waals surface area contributed by atoms with E-state index in [2.05, 4.69) is 37.0 Å². The van der Waals surface area contributed by atoms with Crippen molar-refractivity contribution < 1.29 is 0 Å². The first-order valence-corrected chi connectivity index (χ1v) is 6.58. The van der Waals surface area contributed by atoms with E-state index in [4.69, 9.17) is 5.73 Å². The molecule has 1 aromatic carbocycles. The fourth-order valence-corrected chi connectivity index (χ4v) is 2.63. The normalized spacial score (nSPS) is 13.5. The number of nitrogens with zero attached hydrogens (tertiary/aromatic N) is 1. The summed E-state index contributed by atoms with van der Waals surface area (Å²) < 4.78 is 1.27. The minimum Gasteiger partial charge on any atom is -0.327 e. The quantitative estimate of drug-likeness (QED) is 0.882. The number of para-hydroxylation sites is 1. The lowest BCUT2D eigenvalue weighted by molar-refractivity contribution is 0.464. The van der Waals surface area contributed by atoms with Crippen molar-refractivity contribution in [3.8, 4) is 0 Å². The van der Waals surface area contributed by atoms with Crippen LogP contribution in [0.25, 0.3) is 10.2 Å². The minimum atomic E-state index is 0.284. The van der Waals surface area contributed by atoms with E-state index in [-0.39, 0.29) is 6.04 Å². The minimum absolute atomic E-state index is 0.284. The second kappa shape index (κ2) is 4.93. The van der Waals surface area contributed by atoms with Crippen molar-refractivity contribution in [3.05, 3.63) is 29.3 Å². The molecule has 1 heterocycles. The molecule has 1 unspecified atom stereocenters. The van der Waals surface area contributed by atoms with Crippen LogP contribution >= 0.6 is 11.3 Å². The van der Waals surface area contributed by atoms with Crippen LogP contribution in [0.4, 0.5) is 0 Å². The average molecular weight is 234 g/mol. The molecule has 1 aromatic heterocycles. The highest BCUT2D eigenvalue weighted by Gasteiger charge is 2.09. The van der Waals surface area contributed by atoms with E-state index in [1.165, 1.54) is 9.71 Å². The number of benzene rings is 1. The van der Waals surface area contributed by atoms with Crippen LogP contribution in [-0.2, 0) is 6.42 Å². The van der Waals surface area contributed by atoms with E-state index in [0.717, 1.165) is 18.4 Å². The Labute approximate surface area is 101 Å². The molecular formula is C13H18N2S. The molecule has 0 spiro atoms. The second-order valence-electron chi connectivity index (χ2n) is 4.52. The molecule has 0 fully saturated rings. The fourth-order valence-electron chi connectivity index (χ4n) is 1.65. The molecule has 0 aliphatic carbocycles. The molecule has 16 heavy (non-hydrogen) atoms. The summed E-state index contributed by atoms with van der Waals surface area (Å²) in [5, 5.41) is 1.21. The highest BCUT2D eigenvalue weighted by Crippen LogP contribution is 2.23. The molecule has 2 rings (SSSR count). The van der Waals surface area contributed by atoms with Gasteiger partial charge in [0.25, 0.3) is 0 Å². The molecule has 0 saturated heterocycles. The summed E-state index contributed by atoms with van der Waals surface area (Å²) >= 11 is 1.78. The number of aryl methyl sites for hydroxylation is 1. The smallest absolute Gasteiger partial charge is 0.0939 e. The van der Waals surface area contributed by atoms with Crippen molar-refractivity contribution in [3.63, 3.8) is 0 Å². The number of nitrogens with two attached hydrogens (primary N) is 1. The van der Waals surface area contributed by atoms with Gasteiger partial charge in [0.15, 0.2) is 0 Å². The summed E-state index contributed by atoms with van der Waals surface area (Å²) in [7, 11) is 0. The molecule has 1 atom stereocenters. The van der Waals surface area contributed by atoms with Crippen LogP contribution in [0.1, 0.15) is 25.3 Å². The lowest BCUT2D eigenvalue weighted by atomic mass is 10.0. The first-order valence-electron chi connectivity index (χ1n) is 5.77. The number of fused-ring (bicyclic) bond motifs is 1. The van der Waals surface area contributed by atoms with Crippen molar-refractivity contribution in [2.45, 2.75) is 32.7 Å². The zero-order valence-corrected chi connectivity index (χ0v) is 10.6. The van der Waals surface area contributed by atoms with E-state index in [9.17, 15) is 0 Å². The SMILES string of the molecule is CC(C)C(N)CCc1nc2ccccc2s1. The Morgan fingerprint density at radius 3 is 2.75 bits per heavy atom. The molecule has 0 aliphatic heterocycles. The molecule has 2 N–H and O–H groups in total. The van der Waals surface area contributed by atoms with E-state index >= 15 is 0 Å². The van der Waals surface area contributed by atoms with Crippen molar-refractivity contribution in [2.75, 3.05) is 0 Å². The van der Waals surface area contributed by atoms with Crippen molar-refractivity contribution in [1.29, 1.82) is 0 Å². The first kappa shape index (κ1) is 11.6. The van der Waals surface area contributed by atoms with Crippen molar-refractivity contribution in [1.82, 2.24) is 4.98 Å². The molecular weight excluding hydrogens is 216 g/mol. The Morgan fingerprint density at radius 1 is 1.31 bits per heavy atom. The van der Waals surface area contributed by atoms with Crippen molar-refractivity contribution in [2.24, 2.45) is 11.7 Å². The summed E-state index contributed by atoms with van der Waals surface area (Å²) in [6.07, 6.45) is 2.02. The number of hydrogen-bond donors (Lipinski definition) is 1. The second-order valence-corrected chi connectivity index (χ2v) is 5.64. The van der Waals surface area contributed by atoms with E-state index in [1.807, 2.05) is 6.07 Å². The summed E-state index contributed by atoms with van der Waals surface area (Å²) in [5.74, 6) is 0.550. The first-order chi connectivity index (χ1) is 7.66. The Bertz CT molecular complexity index is 429. The van der Waals surface area contributed by atoms with Gasteiger partial charge in [0.05, 0.1) is 15.2 Å². The summed E-state index contributed by atoms with van der Waals surface area (Å²) in [6.45, 7) is 4.34. The number of rotatable bonds is 4. The van der Waals surface area contributed by atoms with E-state index in [0.29, 0.717) is 5.92 Å². The Morgan fingerprint density at radius 2 is 2.06 bits per heavy atom. The van der Waals surface area contributed by atoms with Gasteiger partial charge in [-0.3, -0.25) is 0 Å². The van der Waals surface area contributed by atoms with E-state index < -0.39 is 0 Å². The maximum atomic E-state index is 6.04. The third-order valence-electron chi connectivity index (χ3n) is 2.89. The molecule has 0 amide bonds. The van der Waals surface area contributed by atoms with E-state index in [1.54, 1.807) is 11.3 Å². The van der Waals surface area contributed by atoms with Gasteiger partial charge in [-0.05, 0) is 24.5 Å². The lowest BCUT2D eigenvalue weighted by Gasteiger charge is -2.13. The molecule has 0 saturated carbocycles. The summed E-state index contributed by atoms with van der Waals surface area (Å²) in [5.41, 5.74) is 7.15. The van der Waals surface area contributed by atoms with Gasteiger partial charge in [-0.2, -0.15) is 0 Å². The molecule has 0 bridgehead atoms. The standard InChI is InChI=1S/C13H18N2S/c1-9(2)10(14)7-8-13-15-11-5-3-4-6-12(11)16-13/h3-6,9-10H,7-8,14H2,1-2H3. The fraction of sp³-hybridized carbons (Fsp3) is 0.462. The molecule has 2 aromatic rings. The molecule has 2 nitrogen and oxygen atoms in total. The molecule has 3 heteroatoms. The van der Waals surface area contributed by atoms with Crippen LogP contribution in [0.2, 0.25) is 0 Å². The zero-order valence-electron chi connectivity index (χ0n) is 9.81. The number of aromatic nitrogens is 1. The monoisotopic (exact) mass is 234 g/mol. The predicted molar refractivity (Wildman–Crippen MR) is 70.8 cm³/mol. The maximum absolute atomic E-state index is 6.04. The van der Waals surface area contributed by atoms with Gasteiger partial charge in [0.2, 0.25) is 0 Å². The van der Waals surface area contributed by atoms with Gasteiger partial charge in [0.1, 0.15) is 0 Å². The van der Waals surface area contributed by atoms with Crippen LogP contribution in [0.3, 0.4) is 0 Å². The Kier molecular flexibility index (Phi) is 3.56. The summed E-state index contributed by atoms with van der Waals surface area (Å²) in [6, 6.07) is 8.57. The van der Waals surface area contributed by atoms with Gasteiger partial charge in [-0.25, -0.2) is 4.98 Å². The third kappa shape index (κ3) is 2.60. The molecule has 0 radical (unpaired) electrons. The Hall–Kier alpha value is -0.930. The van der Waals surface area contributed by atoms with Crippen LogP contribution in [0.5, 0.6) is 0 Å². The highest BCUT2D eigenvalue weighted by molar-refractivity contribution is 7.18. The number of thiazole rings is 1. The molecule has 86 valence electrons. The average Bonchev–Trinajstić information content (AvgIpc) is 2.68. The van der Waals surface area contributed by atoms with Crippen LogP contribution in [0, 0.1) is 5.92 Å². The highest BCUT2D eigenvalue weighted by atomic mass is 32.1. The number of hydrogen-bond acceptors (Lipinski definition) is 3. The van der Waals surface area contributed by atoms with Gasteiger partial charge >= 0.3 is 0 Å².